The molecule has 0 N–H and O–H groups in total. The monoisotopic (exact) mass is 439 g/mol. The number of hydrogen-bond donors (Lipinski definition) is 0. The smallest absolute Gasteiger partial charge is 0.346 e. The number of carbonyl (C=O) groups is 1. The first kappa shape index (κ1) is 23.9. The zero-order valence-corrected chi connectivity index (χ0v) is 18.9. The van der Waals surface area contributed by atoms with E-state index in [4.69, 9.17) is 10.00 Å². The maximum absolute atomic E-state index is 14.6. The molecule has 1 saturated carbocycles. The Morgan fingerprint density at radius 1 is 1.12 bits per heavy atom. The number of halogens is 2. The third-order valence-electron chi connectivity index (χ3n) is 6.74. The lowest BCUT2D eigenvalue weighted by Gasteiger charge is -2.32. The van der Waals surface area contributed by atoms with E-state index in [0.29, 0.717) is 11.8 Å². The average molecular weight is 440 g/mol. The molecule has 0 amide bonds. The standard InChI is InChI=1S/C27H31F2NO2/c1-3-4-5-19-6-9-21(10-7-19)18(2)14-20-8-13-24(26(29)15-20)27(31)32-23-12-11-22(17-30)25(28)16-23/h8,11-13,15-16,18-19,21H,3-7,9-10,14H2,1-2H3. The second kappa shape index (κ2) is 11.2. The summed E-state index contributed by atoms with van der Waals surface area (Å²) in [5.41, 5.74) is 0.524. The van der Waals surface area contributed by atoms with Crippen LogP contribution in [0, 0.1) is 40.7 Å². The van der Waals surface area contributed by atoms with Crippen LogP contribution in [0.5, 0.6) is 5.75 Å². The Hall–Kier alpha value is -2.74. The number of rotatable bonds is 8. The van der Waals surface area contributed by atoms with Gasteiger partial charge in [0, 0.05) is 6.07 Å². The van der Waals surface area contributed by atoms with Crippen LogP contribution in [0.15, 0.2) is 36.4 Å². The van der Waals surface area contributed by atoms with Crippen LogP contribution < -0.4 is 4.74 Å². The zero-order valence-electron chi connectivity index (χ0n) is 18.9. The minimum Gasteiger partial charge on any atom is -0.423 e. The number of esters is 1. The molecule has 1 atom stereocenters. The van der Waals surface area contributed by atoms with Gasteiger partial charge in [0.2, 0.25) is 0 Å². The van der Waals surface area contributed by atoms with Crippen LogP contribution in [-0.4, -0.2) is 5.97 Å². The molecular weight excluding hydrogens is 408 g/mol. The summed E-state index contributed by atoms with van der Waals surface area (Å²) in [5, 5.41) is 8.77. The number of nitrogens with zero attached hydrogens (tertiary/aromatic N) is 1. The zero-order chi connectivity index (χ0) is 23.1. The van der Waals surface area contributed by atoms with E-state index in [1.807, 2.05) is 0 Å². The lowest BCUT2D eigenvalue weighted by molar-refractivity contribution is 0.0729. The van der Waals surface area contributed by atoms with Crippen molar-refractivity contribution in [1.29, 1.82) is 5.26 Å². The molecule has 0 saturated heterocycles. The van der Waals surface area contributed by atoms with Crippen molar-refractivity contribution in [3.05, 3.63) is 64.7 Å². The topological polar surface area (TPSA) is 50.1 Å². The van der Waals surface area contributed by atoms with Crippen molar-refractivity contribution in [3.8, 4) is 11.8 Å². The summed E-state index contributed by atoms with van der Waals surface area (Å²) in [7, 11) is 0. The highest BCUT2D eigenvalue weighted by Gasteiger charge is 2.25. The van der Waals surface area contributed by atoms with Crippen LogP contribution in [0.2, 0.25) is 0 Å². The Morgan fingerprint density at radius 3 is 2.50 bits per heavy atom. The third-order valence-corrected chi connectivity index (χ3v) is 6.74. The predicted octanol–water partition coefficient (Wildman–Crippen LogP) is 7.23. The maximum Gasteiger partial charge on any atom is 0.346 e. The summed E-state index contributed by atoms with van der Waals surface area (Å²) >= 11 is 0. The van der Waals surface area contributed by atoms with Gasteiger partial charge in [0.25, 0.3) is 0 Å². The molecule has 1 fully saturated rings. The quantitative estimate of drug-likeness (QED) is 0.322. The fourth-order valence-corrected chi connectivity index (χ4v) is 4.74. The third kappa shape index (κ3) is 6.16. The predicted molar refractivity (Wildman–Crippen MR) is 120 cm³/mol. The minimum atomic E-state index is -0.892. The van der Waals surface area contributed by atoms with E-state index in [1.165, 1.54) is 69.2 Å². The molecule has 0 spiro atoms. The summed E-state index contributed by atoms with van der Waals surface area (Å²) in [6, 6.07) is 9.77. The Morgan fingerprint density at radius 2 is 1.88 bits per heavy atom. The van der Waals surface area contributed by atoms with Crippen molar-refractivity contribution >= 4 is 5.97 Å². The lowest BCUT2D eigenvalue weighted by Crippen LogP contribution is -2.21. The highest BCUT2D eigenvalue weighted by Crippen LogP contribution is 2.36. The maximum atomic E-state index is 14.6. The summed E-state index contributed by atoms with van der Waals surface area (Å²) < 4.78 is 33.4. The highest BCUT2D eigenvalue weighted by molar-refractivity contribution is 5.91. The van der Waals surface area contributed by atoms with Gasteiger partial charge in [-0.25, -0.2) is 13.6 Å². The van der Waals surface area contributed by atoms with E-state index in [1.54, 1.807) is 12.1 Å². The number of ether oxygens (including phenoxy) is 1. The number of hydrogen-bond acceptors (Lipinski definition) is 3. The first-order chi connectivity index (χ1) is 15.4. The summed E-state index contributed by atoms with van der Waals surface area (Å²) in [5.74, 6) is -0.410. The Kier molecular flexibility index (Phi) is 8.39. The first-order valence-corrected chi connectivity index (χ1v) is 11.6. The fourth-order valence-electron chi connectivity index (χ4n) is 4.74. The van der Waals surface area contributed by atoms with Crippen LogP contribution >= 0.6 is 0 Å². The molecule has 3 rings (SSSR count). The van der Waals surface area contributed by atoms with E-state index in [9.17, 15) is 13.6 Å². The van der Waals surface area contributed by atoms with Crippen molar-refractivity contribution in [1.82, 2.24) is 0 Å². The van der Waals surface area contributed by atoms with Crippen LogP contribution in [0.1, 0.15) is 80.3 Å². The SMILES string of the molecule is CCCCC1CCC(C(C)Cc2ccc(C(=O)Oc3ccc(C#N)c(F)c3)c(F)c2)CC1. The molecule has 3 nitrogen and oxygen atoms in total. The van der Waals surface area contributed by atoms with Gasteiger partial charge >= 0.3 is 5.97 Å². The lowest BCUT2D eigenvalue weighted by atomic mass is 9.73. The fraction of sp³-hybridized carbons (Fsp3) is 0.481. The normalized spacial score (nSPS) is 19.2. The van der Waals surface area contributed by atoms with Gasteiger partial charge in [-0.05, 0) is 66.8 Å². The summed E-state index contributed by atoms with van der Waals surface area (Å²) in [6.45, 7) is 4.47. The molecule has 32 heavy (non-hydrogen) atoms. The molecular formula is C27H31F2NO2. The molecule has 5 heteroatoms. The molecule has 2 aromatic carbocycles. The largest absolute Gasteiger partial charge is 0.423 e. The second-order valence-corrected chi connectivity index (χ2v) is 9.06. The van der Waals surface area contributed by atoms with Gasteiger partial charge in [-0.15, -0.1) is 0 Å². The van der Waals surface area contributed by atoms with Gasteiger partial charge < -0.3 is 4.74 Å². The van der Waals surface area contributed by atoms with Crippen molar-refractivity contribution in [2.24, 2.45) is 17.8 Å². The number of nitriles is 1. The van der Waals surface area contributed by atoms with Gasteiger partial charge in [0.05, 0.1) is 11.1 Å². The molecule has 0 bridgehead atoms. The average Bonchev–Trinajstić information content (AvgIpc) is 2.78. The van der Waals surface area contributed by atoms with Gasteiger partial charge in [-0.2, -0.15) is 5.26 Å². The van der Waals surface area contributed by atoms with Crippen molar-refractivity contribution in [3.63, 3.8) is 0 Å². The summed E-state index contributed by atoms with van der Waals surface area (Å²) in [4.78, 5) is 12.3. The van der Waals surface area contributed by atoms with E-state index in [2.05, 4.69) is 13.8 Å². The van der Waals surface area contributed by atoms with Crippen molar-refractivity contribution in [2.45, 2.75) is 65.2 Å². The number of unbranched alkanes of at least 4 members (excludes halogenated alkanes) is 1. The van der Waals surface area contributed by atoms with E-state index in [-0.39, 0.29) is 16.9 Å². The molecule has 2 aromatic rings. The number of carbonyl (C=O) groups excluding carboxylic acids is 1. The second-order valence-electron chi connectivity index (χ2n) is 9.06. The van der Waals surface area contributed by atoms with Crippen molar-refractivity contribution in [2.75, 3.05) is 0 Å². The minimum absolute atomic E-state index is 0.0712. The summed E-state index contributed by atoms with van der Waals surface area (Å²) in [6.07, 6.45) is 9.77. The Labute approximate surface area is 189 Å². The Balaban J connectivity index is 1.57. The molecule has 0 heterocycles. The first-order valence-electron chi connectivity index (χ1n) is 11.6. The molecule has 1 aliphatic rings. The molecule has 170 valence electrons. The van der Waals surface area contributed by atoms with Crippen molar-refractivity contribution < 1.29 is 18.3 Å². The highest BCUT2D eigenvalue weighted by atomic mass is 19.1. The van der Waals surface area contributed by atoms with Gasteiger partial charge in [0.1, 0.15) is 23.5 Å². The molecule has 1 unspecified atom stereocenters. The van der Waals surface area contributed by atoms with Gasteiger partial charge in [-0.3, -0.25) is 0 Å². The van der Waals surface area contributed by atoms with E-state index in [0.717, 1.165) is 24.0 Å². The van der Waals surface area contributed by atoms with Crippen LogP contribution in [0.3, 0.4) is 0 Å². The molecule has 0 aromatic heterocycles. The van der Waals surface area contributed by atoms with Crippen LogP contribution in [-0.2, 0) is 6.42 Å². The van der Waals surface area contributed by atoms with E-state index >= 15 is 0 Å². The number of benzene rings is 2. The van der Waals surface area contributed by atoms with Crippen LogP contribution in [0.25, 0.3) is 0 Å². The van der Waals surface area contributed by atoms with E-state index < -0.39 is 17.6 Å². The van der Waals surface area contributed by atoms with Gasteiger partial charge in [-0.1, -0.05) is 52.0 Å². The molecule has 0 radical (unpaired) electrons. The van der Waals surface area contributed by atoms with Crippen LogP contribution in [0.4, 0.5) is 8.78 Å². The molecule has 1 aliphatic carbocycles. The van der Waals surface area contributed by atoms with Gasteiger partial charge in [0.15, 0.2) is 0 Å². The Bertz CT molecular complexity index is 974. The molecule has 0 aliphatic heterocycles.